The molecule has 1 N–H and O–H groups in total. The van der Waals surface area contributed by atoms with Crippen molar-refractivity contribution in [2.45, 2.75) is 0 Å². The average Bonchev–Trinajstić information content (AvgIpc) is 3.10. The molecule has 4 aromatic rings. The summed E-state index contributed by atoms with van der Waals surface area (Å²) in [7, 11) is 1.51. The van der Waals surface area contributed by atoms with Crippen molar-refractivity contribution in [3.05, 3.63) is 69.8 Å². The Hall–Kier alpha value is -2.87. The van der Waals surface area contributed by atoms with Gasteiger partial charge in [0.1, 0.15) is 5.52 Å². The SMILES string of the molecule is COc1cccc(C=Nc2ccc3nc(-c4cccc(I)c4)oc3c2)c1O. The number of aromatic hydroxyl groups is 1. The van der Waals surface area contributed by atoms with Gasteiger partial charge in [-0.05, 0) is 65.1 Å². The van der Waals surface area contributed by atoms with Crippen LogP contribution in [0.2, 0.25) is 0 Å². The number of hydrogen-bond acceptors (Lipinski definition) is 5. The van der Waals surface area contributed by atoms with Crippen LogP contribution in [0.15, 0.2) is 70.1 Å². The van der Waals surface area contributed by atoms with Crippen LogP contribution >= 0.6 is 22.6 Å². The fourth-order valence-electron chi connectivity index (χ4n) is 2.69. The summed E-state index contributed by atoms with van der Waals surface area (Å²) in [6.07, 6.45) is 1.59. The Morgan fingerprint density at radius 3 is 2.78 bits per heavy atom. The van der Waals surface area contributed by atoms with Crippen LogP contribution in [0.1, 0.15) is 5.56 Å². The molecule has 0 saturated carbocycles. The van der Waals surface area contributed by atoms with Crippen molar-refractivity contribution < 1.29 is 14.3 Å². The molecule has 0 aliphatic rings. The zero-order chi connectivity index (χ0) is 18.8. The minimum Gasteiger partial charge on any atom is -0.504 e. The highest BCUT2D eigenvalue weighted by Gasteiger charge is 2.09. The molecular formula is C21H15IN2O3. The lowest BCUT2D eigenvalue weighted by atomic mass is 10.2. The number of oxazole rings is 1. The number of para-hydroxylation sites is 1. The van der Waals surface area contributed by atoms with Crippen LogP contribution in [0.5, 0.6) is 11.5 Å². The van der Waals surface area contributed by atoms with Crippen molar-refractivity contribution in [3.63, 3.8) is 0 Å². The summed E-state index contributed by atoms with van der Waals surface area (Å²) in [5, 5.41) is 10.1. The van der Waals surface area contributed by atoms with Gasteiger partial charge in [-0.3, -0.25) is 4.99 Å². The van der Waals surface area contributed by atoms with E-state index in [0.29, 0.717) is 28.5 Å². The predicted molar refractivity (Wildman–Crippen MR) is 114 cm³/mol. The number of aromatic nitrogens is 1. The summed E-state index contributed by atoms with van der Waals surface area (Å²) in [6, 6.07) is 18.8. The van der Waals surface area contributed by atoms with Crippen LogP contribution in [0.4, 0.5) is 5.69 Å². The zero-order valence-electron chi connectivity index (χ0n) is 14.4. The standard InChI is InChI=1S/C21H15IN2O3/c1-26-18-7-3-5-14(20(18)25)12-23-16-8-9-17-19(11-16)27-21(24-17)13-4-2-6-15(22)10-13/h2-12,25H,1H3. The van der Waals surface area contributed by atoms with Gasteiger partial charge in [-0.1, -0.05) is 12.1 Å². The third-order valence-corrected chi connectivity index (χ3v) is 4.72. The number of fused-ring (bicyclic) bond motifs is 1. The molecule has 0 fully saturated rings. The normalized spacial score (nSPS) is 11.3. The van der Waals surface area contributed by atoms with E-state index < -0.39 is 0 Å². The summed E-state index contributed by atoms with van der Waals surface area (Å²) in [4.78, 5) is 8.97. The lowest BCUT2D eigenvalue weighted by Gasteiger charge is -2.04. The number of halogens is 1. The third-order valence-electron chi connectivity index (χ3n) is 4.05. The Kier molecular flexibility index (Phi) is 4.81. The van der Waals surface area contributed by atoms with E-state index >= 15 is 0 Å². The largest absolute Gasteiger partial charge is 0.504 e. The molecule has 6 heteroatoms. The highest BCUT2D eigenvalue weighted by Crippen LogP contribution is 2.30. The quantitative estimate of drug-likeness (QED) is 0.313. The third kappa shape index (κ3) is 3.66. The molecule has 0 aliphatic heterocycles. The monoisotopic (exact) mass is 470 g/mol. The van der Waals surface area contributed by atoms with Crippen LogP contribution in [-0.2, 0) is 0 Å². The second-order valence-corrected chi connectivity index (χ2v) is 7.08. The molecule has 0 unspecified atom stereocenters. The maximum atomic E-state index is 10.1. The fraction of sp³-hybridized carbons (Fsp3) is 0.0476. The van der Waals surface area contributed by atoms with Crippen molar-refractivity contribution in [1.82, 2.24) is 4.98 Å². The lowest BCUT2D eigenvalue weighted by Crippen LogP contribution is -1.88. The van der Waals surface area contributed by atoms with Crippen LogP contribution in [-0.4, -0.2) is 23.4 Å². The molecule has 1 heterocycles. The second kappa shape index (κ2) is 7.40. The maximum absolute atomic E-state index is 10.1. The van der Waals surface area contributed by atoms with Gasteiger partial charge in [-0.15, -0.1) is 0 Å². The summed E-state index contributed by atoms with van der Waals surface area (Å²) in [5.74, 6) is 1.05. The molecule has 0 spiro atoms. The lowest BCUT2D eigenvalue weighted by molar-refractivity contribution is 0.373. The van der Waals surface area contributed by atoms with Crippen molar-refractivity contribution in [2.75, 3.05) is 7.11 Å². The molecule has 0 radical (unpaired) electrons. The Labute approximate surface area is 169 Å². The van der Waals surface area contributed by atoms with E-state index in [1.165, 1.54) is 7.11 Å². The molecular weight excluding hydrogens is 455 g/mol. The summed E-state index contributed by atoms with van der Waals surface area (Å²) in [6.45, 7) is 0. The number of hydrogen-bond donors (Lipinski definition) is 1. The molecule has 0 bridgehead atoms. The Balaban J connectivity index is 1.66. The van der Waals surface area contributed by atoms with Gasteiger partial charge in [-0.2, -0.15) is 0 Å². The minimum absolute atomic E-state index is 0.0606. The molecule has 5 nitrogen and oxygen atoms in total. The number of rotatable bonds is 4. The molecule has 0 aliphatic carbocycles. The first-order valence-electron chi connectivity index (χ1n) is 8.20. The van der Waals surface area contributed by atoms with Gasteiger partial charge in [0.25, 0.3) is 0 Å². The van der Waals surface area contributed by atoms with E-state index in [-0.39, 0.29) is 5.75 Å². The number of methoxy groups -OCH3 is 1. The van der Waals surface area contributed by atoms with Crippen LogP contribution in [0.3, 0.4) is 0 Å². The Morgan fingerprint density at radius 1 is 1.11 bits per heavy atom. The molecule has 1 aromatic heterocycles. The number of nitrogens with zero attached hydrogens (tertiary/aromatic N) is 2. The van der Waals surface area contributed by atoms with Crippen LogP contribution < -0.4 is 4.74 Å². The number of aliphatic imine (C=N–C) groups is 1. The van der Waals surface area contributed by atoms with Crippen LogP contribution in [0.25, 0.3) is 22.6 Å². The summed E-state index contributed by atoms with van der Waals surface area (Å²) >= 11 is 2.26. The molecule has 3 aromatic carbocycles. The first kappa shape index (κ1) is 17.5. The number of phenolic OH excluding ortho intramolecular Hbond substituents is 1. The number of phenols is 1. The average molecular weight is 470 g/mol. The van der Waals surface area contributed by atoms with E-state index in [0.717, 1.165) is 14.7 Å². The van der Waals surface area contributed by atoms with E-state index in [4.69, 9.17) is 9.15 Å². The van der Waals surface area contributed by atoms with Gasteiger partial charge in [0.2, 0.25) is 5.89 Å². The maximum Gasteiger partial charge on any atom is 0.227 e. The summed E-state index contributed by atoms with van der Waals surface area (Å²) < 4.78 is 12.1. The molecule has 27 heavy (non-hydrogen) atoms. The summed E-state index contributed by atoms with van der Waals surface area (Å²) in [5.41, 5.74) is 3.64. The number of benzene rings is 3. The van der Waals surface area contributed by atoms with Gasteiger partial charge in [-0.25, -0.2) is 4.98 Å². The van der Waals surface area contributed by atoms with Crippen molar-refractivity contribution >= 4 is 45.6 Å². The van der Waals surface area contributed by atoms with Crippen molar-refractivity contribution in [2.24, 2.45) is 4.99 Å². The molecule has 0 amide bonds. The van der Waals surface area contributed by atoms with Gasteiger partial charge >= 0.3 is 0 Å². The van der Waals surface area contributed by atoms with Crippen molar-refractivity contribution in [1.29, 1.82) is 0 Å². The molecule has 4 rings (SSSR count). The van der Waals surface area contributed by atoms with Gasteiger partial charge < -0.3 is 14.3 Å². The van der Waals surface area contributed by atoms with Crippen molar-refractivity contribution in [3.8, 4) is 23.0 Å². The molecule has 134 valence electrons. The Bertz CT molecular complexity index is 1150. The number of ether oxygens (including phenoxy) is 1. The van der Waals surface area contributed by atoms with E-state index in [9.17, 15) is 5.11 Å². The molecule has 0 saturated heterocycles. The van der Waals surface area contributed by atoms with Crippen LogP contribution in [0, 0.1) is 3.57 Å². The van der Waals surface area contributed by atoms with Gasteiger partial charge in [0.15, 0.2) is 17.1 Å². The van der Waals surface area contributed by atoms with E-state index in [1.54, 1.807) is 24.4 Å². The zero-order valence-corrected chi connectivity index (χ0v) is 16.5. The first-order chi connectivity index (χ1) is 13.1. The van der Waals surface area contributed by atoms with E-state index in [1.807, 2.05) is 42.5 Å². The Morgan fingerprint density at radius 2 is 1.96 bits per heavy atom. The predicted octanol–water partition coefficient (Wildman–Crippen LogP) is 5.56. The topological polar surface area (TPSA) is 67.9 Å². The highest BCUT2D eigenvalue weighted by atomic mass is 127. The fourth-order valence-corrected chi connectivity index (χ4v) is 3.23. The van der Waals surface area contributed by atoms with E-state index in [2.05, 4.69) is 32.6 Å². The highest BCUT2D eigenvalue weighted by molar-refractivity contribution is 14.1. The second-order valence-electron chi connectivity index (χ2n) is 5.84. The smallest absolute Gasteiger partial charge is 0.227 e. The first-order valence-corrected chi connectivity index (χ1v) is 9.28. The minimum atomic E-state index is 0.0606. The molecule has 0 atom stereocenters. The van der Waals surface area contributed by atoms with Gasteiger partial charge in [0, 0.05) is 27.0 Å². The van der Waals surface area contributed by atoms with Gasteiger partial charge in [0.05, 0.1) is 12.8 Å².